The van der Waals surface area contributed by atoms with Gasteiger partial charge in [-0.15, -0.1) is 0 Å². The normalized spacial score (nSPS) is 13.3. The second-order valence-corrected chi connectivity index (χ2v) is 8.44. The molecule has 0 spiro atoms. The fraction of sp³-hybridized carbons (Fsp3) is 0.321. The van der Waals surface area contributed by atoms with E-state index in [-0.39, 0.29) is 5.97 Å². The van der Waals surface area contributed by atoms with Crippen LogP contribution in [-0.2, 0) is 22.6 Å². The highest BCUT2D eigenvalue weighted by Crippen LogP contribution is 2.30. The van der Waals surface area contributed by atoms with Crippen LogP contribution in [0.5, 0.6) is 11.5 Å². The van der Waals surface area contributed by atoms with E-state index in [1.165, 1.54) is 12.7 Å². The Hall–Kier alpha value is -3.71. The summed E-state index contributed by atoms with van der Waals surface area (Å²) in [5.74, 6) is 1.02. The van der Waals surface area contributed by atoms with E-state index >= 15 is 0 Å². The molecule has 7 nitrogen and oxygen atoms in total. The fourth-order valence-electron chi connectivity index (χ4n) is 4.11. The number of hydrogen-bond acceptors (Lipinski definition) is 7. The molecule has 4 rings (SSSR count). The number of morpholine rings is 1. The Bertz CT molecular complexity index is 1160. The van der Waals surface area contributed by atoms with Gasteiger partial charge in [0.05, 0.1) is 38.7 Å². The van der Waals surface area contributed by atoms with Gasteiger partial charge in [0, 0.05) is 25.3 Å². The van der Waals surface area contributed by atoms with E-state index in [9.17, 15) is 4.79 Å². The molecule has 0 saturated carbocycles. The molecule has 1 aliphatic heterocycles. The molecular weight excluding hydrogens is 444 g/mol. The van der Waals surface area contributed by atoms with E-state index < -0.39 is 0 Å². The monoisotopic (exact) mass is 476 g/mol. The van der Waals surface area contributed by atoms with Crippen molar-refractivity contribution in [3.05, 3.63) is 82.9 Å². The predicted octanol–water partition coefficient (Wildman–Crippen LogP) is 4.82. The van der Waals surface area contributed by atoms with Crippen LogP contribution in [0.25, 0.3) is 0 Å². The van der Waals surface area contributed by atoms with Crippen LogP contribution >= 0.6 is 0 Å². The summed E-state index contributed by atoms with van der Waals surface area (Å²) in [6.45, 7) is 5.88. The molecule has 184 valence electrons. The van der Waals surface area contributed by atoms with Crippen molar-refractivity contribution in [2.24, 2.45) is 0 Å². The van der Waals surface area contributed by atoms with Crippen molar-refractivity contribution in [2.45, 2.75) is 20.1 Å². The lowest BCUT2D eigenvalue weighted by Gasteiger charge is -2.30. The molecular formula is C28H32N2O5. The third kappa shape index (κ3) is 6.25. The quantitative estimate of drug-likeness (QED) is 0.444. The summed E-state index contributed by atoms with van der Waals surface area (Å²) in [5, 5.41) is 3.40. The Labute approximate surface area is 206 Å². The molecule has 0 aliphatic carbocycles. The second kappa shape index (κ2) is 11.6. The molecule has 1 saturated heterocycles. The Morgan fingerprint density at radius 2 is 1.80 bits per heavy atom. The molecule has 0 radical (unpaired) electrons. The van der Waals surface area contributed by atoms with Crippen LogP contribution in [0.1, 0.15) is 27.0 Å². The smallest absolute Gasteiger partial charge is 0.340 e. The third-order valence-electron chi connectivity index (χ3n) is 5.96. The lowest BCUT2D eigenvalue weighted by Crippen LogP contribution is -2.37. The first-order valence-electron chi connectivity index (χ1n) is 11.7. The van der Waals surface area contributed by atoms with Crippen molar-refractivity contribution < 1.29 is 23.7 Å². The number of nitrogens with one attached hydrogen (secondary N) is 1. The van der Waals surface area contributed by atoms with Crippen molar-refractivity contribution in [2.75, 3.05) is 50.7 Å². The van der Waals surface area contributed by atoms with E-state index in [0.29, 0.717) is 43.4 Å². The number of methoxy groups -OCH3 is 2. The highest BCUT2D eigenvalue weighted by molar-refractivity contribution is 5.97. The van der Waals surface area contributed by atoms with E-state index in [0.717, 1.165) is 35.6 Å². The zero-order valence-electron chi connectivity index (χ0n) is 20.5. The number of anilines is 2. The molecule has 7 heteroatoms. The molecule has 0 aromatic heterocycles. The molecule has 0 unspecified atom stereocenters. The first kappa shape index (κ1) is 24.4. The maximum absolute atomic E-state index is 12.5. The maximum atomic E-state index is 12.5. The second-order valence-electron chi connectivity index (χ2n) is 8.44. The maximum Gasteiger partial charge on any atom is 0.340 e. The summed E-state index contributed by atoms with van der Waals surface area (Å²) < 4.78 is 22.0. The highest BCUT2D eigenvalue weighted by Gasteiger charge is 2.20. The van der Waals surface area contributed by atoms with E-state index in [4.69, 9.17) is 18.9 Å². The number of carbonyl (C=O) groups is 1. The molecule has 0 atom stereocenters. The van der Waals surface area contributed by atoms with Gasteiger partial charge < -0.3 is 29.2 Å². The van der Waals surface area contributed by atoms with Gasteiger partial charge in [0.1, 0.15) is 6.61 Å². The standard InChI is InChI=1S/C28H32N2O5/c1-20-5-4-6-22(15-20)19-35-26-10-7-21(16-27(26)32-2)18-29-23-8-9-25(24(17-23)28(31)33-3)30-11-13-34-14-12-30/h4-10,15-17,29H,11-14,18-19H2,1-3H3. The summed E-state index contributed by atoms with van der Waals surface area (Å²) in [4.78, 5) is 14.6. The SMILES string of the molecule is COC(=O)c1cc(NCc2ccc(OCc3cccc(C)c3)c(OC)c2)ccc1N1CCOCC1. The van der Waals surface area contributed by atoms with E-state index in [2.05, 4.69) is 29.3 Å². The Morgan fingerprint density at radius 3 is 2.54 bits per heavy atom. The Kier molecular flexibility index (Phi) is 8.11. The summed E-state index contributed by atoms with van der Waals surface area (Å²) in [6.07, 6.45) is 0. The van der Waals surface area contributed by atoms with Crippen LogP contribution in [-0.4, -0.2) is 46.5 Å². The first-order valence-corrected chi connectivity index (χ1v) is 11.7. The van der Waals surface area contributed by atoms with Gasteiger partial charge in [0.25, 0.3) is 0 Å². The molecule has 1 heterocycles. The van der Waals surface area contributed by atoms with Gasteiger partial charge in [-0.3, -0.25) is 0 Å². The molecule has 0 amide bonds. The van der Waals surface area contributed by atoms with Gasteiger partial charge in [-0.2, -0.15) is 0 Å². The minimum absolute atomic E-state index is 0.355. The van der Waals surface area contributed by atoms with Gasteiger partial charge in [-0.1, -0.05) is 35.9 Å². The average molecular weight is 477 g/mol. The number of rotatable bonds is 9. The van der Waals surface area contributed by atoms with Gasteiger partial charge in [-0.05, 0) is 48.4 Å². The lowest BCUT2D eigenvalue weighted by molar-refractivity contribution is 0.0600. The molecule has 1 aliphatic rings. The van der Waals surface area contributed by atoms with Crippen molar-refractivity contribution >= 4 is 17.3 Å². The van der Waals surface area contributed by atoms with Crippen LogP contribution in [0.15, 0.2) is 60.7 Å². The minimum Gasteiger partial charge on any atom is -0.493 e. The zero-order valence-corrected chi connectivity index (χ0v) is 20.5. The predicted molar refractivity (Wildman–Crippen MR) is 137 cm³/mol. The van der Waals surface area contributed by atoms with Crippen LogP contribution < -0.4 is 19.7 Å². The van der Waals surface area contributed by atoms with Crippen molar-refractivity contribution in [3.63, 3.8) is 0 Å². The Morgan fingerprint density at radius 1 is 0.971 bits per heavy atom. The number of nitrogens with zero attached hydrogens (tertiary/aromatic N) is 1. The molecule has 0 bridgehead atoms. The number of ether oxygens (including phenoxy) is 4. The van der Waals surface area contributed by atoms with Gasteiger partial charge in [0.15, 0.2) is 11.5 Å². The fourth-order valence-corrected chi connectivity index (χ4v) is 4.11. The molecule has 1 fully saturated rings. The third-order valence-corrected chi connectivity index (χ3v) is 5.96. The Balaban J connectivity index is 1.44. The largest absolute Gasteiger partial charge is 0.493 e. The zero-order chi connectivity index (χ0) is 24.6. The molecule has 3 aromatic rings. The molecule has 35 heavy (non-hydrogen) atoms. The van der Waals surface area contributed by atoms with Crippen molar-refractivity contribution in [1.82, 2.24) is 0 Å². The van der Waals surface area contributed by atoms with Crippen molar-refractivity contribution in [1.29, 1.82) is 0 Å². The number of aryl methyl sites for hydroxylation is 1. The van der Waals surface area contributed by atoms with Crippen molar-refractivity contribution in [3.8, 4) is 11.5 Å². The number of hydrogen-bond donors (Lipinski definition) is 1. The van der Waals surface area contributed by atoms with Crippen LogP contribution in [0.3, 0.4) is 0 Å². The first-order chi connectivity index (χ1) is 17.1. The highest BCUT2D eigenvalue weighted by atomic mass is 16.5. The number of carbonyl (C=O) groups excluding carboxylic acids is 1. The van der Waals surface area contributed by atoms with Crippen LogP contribution in [0.2, 0.25) is 0 Å². The summed E-state index contributed by atoms with van der Waals surface area (Å²) >= 11 is 0. The van der Waals surface area contributed by atoms with Crippen LogP contribution in [0, 0.1) is 6.92 Å². The lowest BCUT2D eigenvalue weighted by atomic mass is 10.1. The molecule has 1 N–H and O–H groups in total. The average Bonchev–Trinajstić information content (AvgIpc) is 2.90. The summed E-state index contributed by atoms with van der Waals surface area (Å²) in [7, 11) is 3.04. The van der Waals surface area contributed by atoms with Gasteiger partial charge in [0.2, 0.25) is 0 Å². The number of esters is 1. The molecule has 3 aromatic carbocycles. The summed E-state index contributed by atoms with van der Waals surface area (Å²) in [6, 6.07) is 19.9. The topological polar surface area (TPSA) is 69.3 Å². The van der Waals surface area contributed by atoms with E-state index in [1.807, 2.05) is 48.5 Å². The van der Waals surface area contributed by atoms with Gasteiger partial charge >= 0.3 is 5.97 Å². The van der Waals surface area contributed by atoms with E-state index in [1.54, 1.807) is 7.11 Å². The summed E-state index contributed by atoms with van der Waals surface area (Å²) in [5.41, 5.74) is 5.58. The van der Waals surface area contributed by atoms with Crippen LogP contribution in [0.4, 0.5) is 11.4 Å². The minimum atomic E-state index is -0.355. The number of benzene rings is 3. The van der Waals surface area contributed by atoms with Gasteiger partial charge in [-0.25, -0.2) is 4.79 Å².